The summed E-state index contributed by atoms with van der Waals surface area (Å²) in [5.41, 5.74) is 2.34. The minimum Gasteiger partial charge on any atom is -0.383 e. The zero-order valence-electron chi connectivity index (χ0n) is 18.4. The minimum atomic E-state index is -0.201. The quantitative estimate of drug-likeness (QED) is 0.583. The number of nitrogens with zero attached hydrogens (tertiary/aromatic N) is 2. The van der Waals surface area contributed by atoms with Gasteiger partial charge in [0, 0.05) is 56.5 Å². The van der Waals surface area contributed by atoms with Crippen molar-refractivity contribution in [1.82, 2.24) is 9.80 Å². The highest BCUT2D eigenvalue weighted by atomic mass is 32.1. The van der Waals surface area contributed by atoms with Crippen LogP contribution in [0.5, 0.6) is 0 Å². The fourth-order valence-electron chi connectivity index (χ4n) is 4.30. The Bertz CT molecular complexity index is 838. The topological polar surface area (TPSA) is 32.8 Å². The Morgan fingerprint density at radius 1 is 1.33 bits per heavy atom. The molecule has 1 aromatic heterocycles. The van der Waals surface area contributed by atoms with Gasteiger partial charge >= 0.3 is 0 Å². The van der Waals surface area contributed by atoms with E-state index < -0.39 is 0 Å². The van der Waals surface area contributed by atoms with Crippen molar-refractivity contribution in [2.45, 2.75) is 33.2 Å². The first-order valence-electron chi connectivity index (χ1n) is 10.7. The van der Waals surface area contributed by atoms with E-state index in [-0.39, 0.29) is 29.5 Å². The predicted octanol–water partition coefficient (Wildman–Crippen LogP) is 4.54. The molecule has 1 aliphatic rings. The number of likely N-dealkylation sites (tertiary alicyclic amines) is 1. The highest BCUT2D eigenvalue weighted by Crippen LogP contribution is 2.35. The zero-order valence-corrected chi connectivity index (χ0v) is 19.3. The van der Waals surface area contributed by atoms with Crippen molar-refractivity contribution >= 4 is 17.2 Å². The lowest BCUT2D eigenvalue weighted by atomic mass is 9.88. The van der Waals surface area contributed by atoms with Crippen LogP contribution >= 0.6 is 11.3 Å². The van der Waals surface area contributed by atoms with E-state index in [1.165, 1.54) is 16.5 Å². The van der Waals surface area contributed by atoms with Crippen LogP contribution in [0.1, 0.15) is 35.8 Å². The van der Waals surface area contributed by atoms with Crippen LogP contribution < -0.4 is 0 Å². The SMILES string of the molecule is COCCN(C[C@H]1CN(Cc2sccc2C)C[C@@H]1c1cccc(F)c1)C(=O)C(C)C. The third-order valence-electron chi connectivity index (χ3n) is 5.95. The maximum absolute atomic E-state index is 14.0. The molecule has 1 fully saturated rings. The van der Waals surface area contributed by atoms with Gasteiger partial charge < -0.3 is 9.64 Å². The Hall–Kier alpha value is -1.76. The molecular formula is C24H33FN2O2S. The summed E-state index contributed by atoms with van der Waals surface area (Å²) in [6.45, 7) is 10.5. The van der Waals surface area contributed by atoms with Gasteiger partial charge in [-0.3, -0.25) is 9.69 Å². The highest BCUT2D eigenvalue weighted by molar-refractivity contribution is 7.10. The Morgan fingerprint density at radius 3 is 2.77 bits per heavy atom. The number of hydrogen-bond acceptors (Lipinski definition) is 4. The van der Waals surface area contributed by atoms with Crippen LogP contribution in [-0.4, -0.2) is 55.6 Å². The number of thiophene rings is 1. The van der Waals surface area contributed by atoms with Crippen LogP contribution in [0.15, 0.2) is 35.7 Å². The number of rotatable bonds is 9. The summed E-state index contributed by atoms with van der Waals surface area (Å²) in [5.74, 6) is 0.351. The van der Waals surface area contributed by atoms with E-state index in [0.29, 0.717) is 19.7 Å². The molecule has 6 heteroatoms. The van der Waals surface area contributed by atoms with Crippen molar-refractivity contribution < 1.29 is 13.9 Å². The van der Waals surface area contributed by atoms with Gasteiger partial charge in [0.15, 0.2) is 0 Å². The van der Waals surface area contributed by atoms with Gasteiger partial charge in [-0.2, -0.15) is 0 Å². The van der Waals surface area contributed by atoms with E-state index in [4.69, 9.17) is 4.74 Å². The molecule has 0 bridgehead atoms. The molecule has 2 aromatic rings. The average molecular weight is 433 g/mol. The summed E-state index contributed by atoms with van der Waals surface area (Å²) < 4.78 is 19.2. The predicted molar refractivity (Wildman–Crippen MR) is 120 cm³/mol. The smallest absolute Gasteiger partial charge is 0.225 e. The summed E-state index contributed by atoms with van der Waals surface area (Å²) in [7, 11) is 1.66. The van der Waals surface area contributed by atoms with E-state index in [0.717, 1.165) is 25.2 Å². The third kappa shape index (κ3) is 5.68. The fraction of sp³-hybridized carbons (Fsp3) is 0.542. The van der Waals surface area contributed by atoms with E-state index in [2.05, 4.69) is 23.3 Å². The second-order valence-corrected chi connectivity index (χ2v) is 9.57. The second kappa shape index (κ2) is 10.5. The Balaban J connectivity index is 1.81. The number of carbonyl (C=O) groups excluding carboxylic acids is 1. The van der Waals surface area contributed by atoms with Crippen LogP contribution in [0.25, 0.3) is 0 Å². The van der Waals surface area contributed by atoms with E-state index >= 15 is 0 Å². The molecule has 3 rings (SSSR count). The molecule has 1 saturated heterocycles. The highest BCUT2D eigenvalue weighted by Gasteiger charge is 2.36. The van der Waals surface area contributed by atoms with Gasteiger partial charge in [0.05, 0.1) is 6.61 Å². The molecule has 0 unspecified atom stereocenters. The van der Waals surface area contributed by atoms with Gasteiger partial charge in [-0.1, -0.05) is 26.0 Å². The largest absolute Gasteiger partial charge is 0.383 e. The molecule has 1 aliphatic heterocycles. The van der Waals surface area contributed by atoms with Gasteiger partial charge in [0.25, 0.3) is 0 Å². The van der Waals surface area contributed by atoms with E-state index in [9.17, 15) is 9.18 Å². The molecule has 1 amide bonds. The number of methoxy groups -OCH3 is 1. The minimum absolute atomic E-state index is 0.0549. The summed E-state index contributed by atoms with van der Waals surface area (Å²) in [4.78, 5) is 18.6. The monoisotopic (exact) mass is 432 g/mol. The third-order valence-corrected chi connectivity index (χ3v) is 6.96. The second-order valence-electron chi connectivity index (χ2n) is 8.57. The van der Waals surface area contributed by atoms with Gasteiger partial charge in [0.1, 0.15) is 5.82 Å². The first kappa shape index (κ1) is 22.9. The van der Waals surface area contributed by atoms with Crippen LogP contribution in [0, 0.1) is 24.6 Å². The number of benzene rings is 1. The Kier molecular flexibility index (Phi) is 8.03. The number of halogens is 1. The van der Waals surface area contributed by atoms with Crippen molar-refractivity contribution in [3.63, 3.8) is 0 Å². The number of ether oxygens (including phenoxy) is 1. The summed E-state index contributed by atoms with van der Waals surface area (Å²) >= 11 is 1.79. The molecule has 0 N–H and O–H groups in total. The molecule has 0 aliphatic carbocycles. The Labute approximate surface area is 183 Å². The normalized spacial score (nSPS) is 19.5. The number of amides is 1. The molecule has 2 atom stereocenters. The number of hydrogen-bond donors (Lipinski definition) is 0. The first-order valence-corrected chi connectivity index (χ1v) is 11.6. The van der Waals surface area contributed by atoms with Gasteiger partial charge in [-0.05, 0) is 47.5 Å². The molecule has 0 radical (unpaired) electrons. The molecule has 164 valence electrons. The average Bonchev–Trinajstić information content (AvgIpc) is 3.30. The van der Waals surface area contributed by atoms with Crippen LogP contribution in [0.4, 0.5) is 4.39 Å². The standard InChI is InChI=1S/C24H33FN2O2S/c1-17(2)24(28)27(9-10-29-4)14-20-13-26(16-23-18(3)8-11-30-23)15-22(20)19-6-5-7-21(25)12-19/h5-8,11-12,17,20,22H,9-10,13-16H2,1-4H3/t20-,22-/m1/s1. The number of carbonyl (C=O) groups is 1. The van der Waals surface area contributed by atoms with Crippen LogP contribution in [0.3, 0.4) is 0 Å². The van der Waals surface area contributed by atoms with E-state index in [1.54, 1.807) is 30.6 Å². The van der Waals surface area contributed by atoms with Crippen molar-refractivity contribution in [3.05, 3.63) is 57.5 Å². The molecule has 0 spiro atoms. The van der Waals surface area contributed by atoms with Crippen LogP contribution in [0.2, 0.25) is 0 Å². The molecule has 2 heterocycles. The van der Waals surface area contributed by atoms with Gasteiger partial charge in [-0.15, -0.1) is 11.3 Å². The van der Waals surface area contributed by atoms with Gasteiger partial charge in [-0.25, -0.2) is 4.39 Å². The van der Waals surface area contributed by atoms with Gasteiger partial charge in [0.2, 0.25) is 5.91 Å². The molecule has 4 nitrogen and oxygen atoms in total. The molecule has 30 heavy (non-hydrogen) atoms. The summed E-state index contributed by atoms with van der Waals surface area (Å²) in [6, 6.07) is 9.11. The summed E-state index contributed by atoms with van der Waals surface area (Å²) in [5, 5.41) is 2.13. The van der Waals surface area contributed by atoms with Crippen molar-refractivity contribution in [1.29, 1.82) is 0 Å². The zero-order chi connectivity index (χ0) is 21.7. The molecule has 0 saturated carbocycles. The summed E-state index contributed by atoms with van der Waals surface area (Å²) in [6.07, 6.45) is 0. The lowest BCUT2D eigenvalue weighted by molar-refractivity contribution is -0.135. The van der Waals surface area contributed by atoms with Crippen molar-refractivity contribution in [3.8, 4) is 0 Å². The van der Waals surface area contributed by atoms with E-state index in [1.807, 2.05) is 24.8 Å². The van der Waals surface area contributed by atoms with Crippen molar-refractivity contribution in [2.75, 3.05) is 39.9 Å². The molecular weight excluding hydrogens is 399 g/mol. The first-order chi connectivity index (χ1) is 14.4. The maximum atomic E-state index is 14.0. The Morgan fingerprint density at radius 2 is 2.13 bits per heavy atom. The van der Waals surface area contributed by atoms with Crippen LogP contribution in [-0.2, 0) is 16.1 Å². The fourth-order valence-corrected chi connectivity index (χ4v) is 5.25. The van der Waals surface area contributed by atoms with Crippen molar-refractivity contribution in [2.24, 2.45) is 11.8 Å². The lowest BCUT2D eigenvalue weighted by Crippen LogP contribution is -2.41. The number of aryl methyl sites for hydroxylation is 1. The lowest BCUT2D eigenvalue weighted by Gasteiger charge is -2.29. The molecule has 1 aromatic carbocycles. The maximum Gasteiger partial charge on any atom is 0.225 e.